The van der Waals surface area contributed by atoms with Crippen LogP contribution >= 0.6 is 0 Å². The molecule has 1 saturated carbocycles. The average molecular weight is 384 g/mol. The van der Waals surface area contributed by atoms with Crippen LogP contribution in [0.3, 0.4) is 0 Å². The van der Waals surface area contributed by atoms with E-state index in [0.717, 1.165) is 32.1 Å². The predicted molar refractivity (Wildman–Crippen MR) is 102 cm³/mol. The molecule has 7 nitrogen and oxygen atoms in total. The summed E-state index contributed by atoms with van der Waals surface area (Å²) >= 11 is 0. The number of pyridine rings is 1. The first-order valence-corrected chi connectivity index (χ1v) is 9.11. The first kappa shape index (κ1) is 19.5. The summed E-state index contributed by atoms with van der Waals surface area (Å²) < 4.78 is 14.1. The normalized spacial score (nSPS) is 14.3. The molecule has 28 heavy (non-hydrogen) atoms. The zero-order valence-corrected chi connectivity index (χ0v) is 15.2. The molecule has 1 aromatic heterocycles. The van der Waals surface area contributed by atoms with E-state index in [-0.39, 0.29) is 28.8 Å². The summed E-state index contributed by atoms with van der Waals surface area (Å²) in [5.41, 5.74) is 5.73. The third-order valence-electron chi connectivity index (χ3n) is 4.74. The highest BCUT2D eigenvalue weighted by atomic mass is 19.1. The van der Waals surface area contributed by atoms with Gasteiger partial charge in [0.25, 0.3) is 5.91 Å². The number of halogens is 1. The van der Waals surface area contributed by atoms with Gasteiger partial charge in [-0.3, -0.25) is 19.4 Å². The minimum absolute atomic E-state index is 0.0189. The van der Waals surface area contributed by atoms with E-state index >= 15 is 0 Å². The third-order valence-corrected chi connectivity index (χ3v) is 4.74. The van der Waals surface area contributed by atoms with Gasteiger partial charge in [-0.25, -0.2) is 4.39 Å². The number of aromatic nitrogens is 1. The van der Waals surface area contributed by atoms with E-state index in [1.807, 2.05) is 0 Å². The number of hydrogen-bond donors (Lipinski definition) is 3. The highest BCUT2D eigenvalue weighted by Gasteiger charge is 2.22. The van der Waals surface area contributed by atoms with Gasteiger partial charge in [0.05, 0.1) is 11.3 Å². The molecule has 1 aliphatic carbocycles. The van der Waals surface area contributed by atoms with E-state index in [1.165, 1.54) is 36.5 Å². The molecule has 0 atom stereocenters. The Kier molecular flexibility index (Phi) is 5.98. The molecule has 1 aromatic carbocycles. The number of hydrogen-bond acceptors (Lipinski definition) is 4. The number of rotatable bonds is 5. The molecule has 3 amide bonds. The summed E-state index contributed by atoms with van der Waals surface area (Å²) in [6.45, 7) is 0. The Hall–Kier alpha value is -3.29. The number of amides is 3. The maximum atomic E-state index is 14.1. The second-order valence-corrected chi connectivity index (χ2v) is 6.77. The predicted octanol–water partition coefficient (Wildman–Crippen LogP) is 3.09. The SMILES string of the molecule is NC(=O)c1ccc(C(=O)Nc2ccc(F)c(NC(=O)C3CCCCC3)c2)nc1. The molecule has 3 rings (SSSR count). The number of benzene rings is 1. The van der Waals surface area contributed by atoms with Crippen molar-refractivity contribution in [3.05, 3.63) is 53.6 Å². The Bertz CT molecular complexity index is 893. The zero-order chi connectivity index (χ0) is 20.1. The van der Waals surface area contributed by atoms with Crippen LogP contribution < -0.4 is 16.4 Å². The lowest BCUT2D eigenvalue weighted by atomic mass is 9.88. The van der Waals surface area contributed by atoms with Crippen LogP contribution in [-0.4, -0.2) is 22.7 Å². The van der Waals surface area contributed by atoms with Crippen LogP contribution in [0.25, 0.3) is 0 Å². The lowest BCUT2D eigenvalue weighted by Gasteiger charge is -2.21. The summed E-state index contributed by atoms with van der Waals surface area (Å²) in [4.78, 5) is 39.6. The van der Waals surface area contributed by atoms with E-state index in [4.69, 9.17) is 5.73 Å². The van der Waals surface area contributed by atoms with E-state index < -0.39 is 17.6 Å². The molecule has 1 aliphatic rings. The minimum atomic E-state index is -0.642. The van der Waals surface area contributed by atoms with Crippen LogP contribution in [0.1, 0.15) is 53.0 Å². The molecule has 0 saturated heterocycles. The van der Waals surface area contributed by atoms with Crippen LogP contribution in [0.5, 0.6) is 0 Å². The van der Waals surface area contributed by atoms with E-state index in [9.17, 15) is 18.8 Å². The van der Waals surface area contributed by atoms with Gasteiger partial charge in [-0.2, -0.15) is 0 Å². The fourth-order valence-electron chi connectivity index (χ4n) is 3.17. The van der Waals surface area contributed by atoms with Crippen molar-refractivity contribution in [3.63, 3.8) is 0 Å². The molecule has 0 unspecified atom stereocenters. The largest absolute Gasteiger partial charge is 0.366 e. The second kappa shape index (κ2) is 8.60. The number of carbonyl (C=O) groups excluding carboxylic acids is 3. The van der Waals surface area contributed by atoms with Gasteiger partial charge in [0, 0.05) is 17.8 Å². The lowest BCUT2D eigenvalue weighted by molar-refractivity contribution is -0.120. The summed E-state index contributed by atoms with van der Waals surface area (Å²) in [7, 11) is 0. The lowest BCUT2D eigenvalue weighted by Crippen LogP contribution is -2.25. The van der Waals surface area contributed by atoms with E-state index in [1.54, 1.807) is 0 Å². The molecule has 1 heterocycles. The quantitative estimate of drug-likeness (QED) is 0.735. The molecule has 0 aliphatic heterocycles. The highest BCUT2D eigenvalue weighted by Crippen LogP contribution is 2.26. The van der Waals surface area contributed by atoms with Crippen molar-refractivity contribution in [2.45, 2.75) is 32.1 Å². The van der Waals surface area contributed by atoms with Crippen molar-refractivity contribution in [1.29, 1.82) is 0 Å². The average Bonchev–Trinajstić information content (AvgIpc) is 2.71. The molecular formula is C20H21FN4O3. The van der Waals surface area contributed by atoms with E-state index in [0.29, 0.717) is 5.69 Å². The van der Waals surface area contributed by atoms with Crippen molar-refractivity contribution in [2.75, 3.05) is 10.6 Å². The molecule has 146 valence electrons. The fraction of sp³-hybridized carbons (Fsp3) is 0.300. The standard InChI is InChI=1S/C20H21FN4O3/c21-15-8-7-14(10-17(15)25-19(27)12-4-2-1-3-5-12)24-20(28)16-9-6-13(11-23-16)18(22)26/h6-12H,1-5H2,(H2,22,26)(H,24,28)(H,25,27). The van der Waals surface area contributed by atoms with Crippen LogP contribution in [0.15, 0.2) is 36.5 Å². The van der Waals surface area contributed by atoms with Gasteiger partial charge in [-0.05, 0) is 43.2 Å². The summed E-state index contributed by atoms with van der Waals surface area (Å²) in [6, 6.07) is 6.69. The van der Waals surface area contributed by atoms with Gasteiger partial charge in [-0.15, -0.1) is 0 Å². The first-order chi connectivity index (χ1) is 13.4. The van der Waals surface area contributed by atoms with Crippen molar-refractivity contribution >= 4 is 29.1 Å². The second-order valence-electron chi connectivity index (χ2n) is 6.77. The molecule has 0 bridgehead atoms. The molecule has 1 fully saturated rings. The Morgan fingerprint density at radius 2 is 1.79 bits per heavy atom. The van der Waals surface area contributed by atoms with Crippen molar-refractivity contribution < 1.29 is 18.8 Å². The van der Waals surface area contributed by atoms with Crippen molar-refractivity contribution in [2.24, 2.45) is 11.7 Å². The molecule has 0 spiro atoms. The highest BCUT2D eigenvalue weighted by molar-refractivity contribution is 6.04. The molecular weight excluding hydrogens is 363 g/mol. The number of anilines is 2. The number of nitrogens with one attached hydrogen (secondary N) is 2. The van der Waals surface area contributed by atoms with Crippen molar-refractivity contribution in [3.8, 4) is 0 Å². The van der Waals surface area contributed by atoms with Gasteiger partial charge in [0.15, 0.2) is 0 Å². The Labute approximate surface area is 161 Å². The molecule has 8 heteroatoms. The number of primary amides is 1. The van der Waals surface area contributed by atoms with E-state index in [2.05, 4.69) is 15.6 Å². The van der Waals surface area contributed by atoms with Gasteiger partial charge in [0.2, 0.25) is 11.8 Å². The molecule has 0 radical (unpaired) electrons. The summed E-state index contributed by atoms with van der Waals surface area (Å²) in [5, 5.41) is 5.21. The monoisotopic (exact) mass is 384 g/mol. The third kappa shape index (κ3) is 4.70. The zero-order valence-electron chi connectivity index (χ0n) is 15.2. The van der Waals surface area contributed by atoms with Crippen LogP contribution in [0, 0.1) is 11.7 Å². The number of nitrogens with two attached hydrogens (primary N) is 1. The Morgan fingerprint density at radius 1 is 1.04 bits per heavy atom. The molecule has 2 aromatic rings. The van der Waals surface area contributed by atoms with Gasteiger partial charge in [-0.1, -0.05) is 19.3 Å². The topological polar surface area (TPSA) is 114 Å². The molecule has 4 N–H and O–H groups in total. The Balaban J connectivity index is 1.69. The summed E-state index contributed by atoms with van der Waals surface area (Å²) in [6.07, 6.45) is 5.93. The number of carbonyl (C=O) groups is 3. The summed E-state index contributed by atoms with van der Waals surface area (Å²) in [5.74, 6) is -2.07. The van der Waals surface area contributed by atoms with Gasteiger partial charge >= 0.3 is 0 Å². The smallest absolute Gasteiger partial charge is 0.274 e. The van der Waals surface area contributed by atoms with Gasteiger partial charge in [0.1, 0.15) is 11.5 Å². The van der Waals surface area contributed by atoms with Crippen LogP contribution in [0.2, 0.25) is 0 Å². The van der Waals surface area contributed by atoms with Crippen LogP contribution in [-0.2, 0) is 4.79 Å². The van der Waals surface area contributed by atoms with Crippen LogP contribution in [0.4, 0.5) is 15.8 Å². The number of nitrogens with zero attached hydrogens (tertiary/aromatic N) is 1. The first-order valence-electron chi connectivity index (χ1n) is 9.11. The Morgan fingerprint density at radius 3 is 2.43 bits per heavy atom. The van der Waals surface area contributed by atoms with Crippen molar-refractivity contribution in [1.82, 2.24) is 4.98 Å². The minimum Gasteiger partial charge on any atom is -0.366 e. The van der Waals surface area contributed by atoms with Gasteiger partial charge < -0.3 is 16.4 Å². The maximum absolute atomic E-state index is 14.1. The maximum Gasteiger partial charge on any atom is 0.274 e. The fourth-order valence-corrected chi connectivity index (χ4v) is 3.17.